The quantitative estimate of drug-likeness (QED) is 0.740. The molecule has 0 spiro atoms. The zero-order valence-corrected chi connectivity index (χ0v) is 16.1. The summed E-state index contributed by atoms with van der Waals surface area (Å²) < 4.78 is 5.42. The summed E-state index contributed by atoms with van der Waals surface area (Å²) in [7, 11) is 1.64. The number of carbonyl (C=O) groups is 1. The van der Waals surface area contributed by atoms with Crippen LogP contribution in [0.5, 0.6) is 5.75 Å². The smallest absolute Gasteiger partial charge is 0.275 e. The third-order valence-electron chi connectivity index (χ3n) is 6.26. The molecule has 26 heavy (non-hydrogen) atoms. The van der Waals surface area contributed by atoms with Gasteiger partial charge in [-0.25, -0.2) is 0 Å². The standard InChI is InChI=1S/C21H32N2O3/c1-16-7-3-5-9-18(16)22-20(24)15-23-13-11-21(25,12-14-23)17-8-4-6-10-19(17)26-2/h4,6,8,10,16,18,25H,3,5,7,9,11-15H2,1-2H3,(H,22,24)/p+1/t16-,18-/m1/s1. The van der Waals surface area contributed by atoms with Crippen molar-refractivity contribution in [2.24, 2.45) is 5.92 Å². The van der Waals surface area contributed by atoms with E-state index in [0.29, 0.717) is 31.3 Å². The van der Waals surface area contributed by atoms with Crippen LogP contribution in [0, 0.1) is 5.92 Å². The van der Waals surface area contributed by atoms with E-state index in [1.807, 2.05) is 24.3 Å². The molecule has 0 aromatic heterocycles. The van der Waals surface area contributed by atoms with Crippen LogP contribution in [0.2, 0.25) is 0 Å². The molecule has 0 unspecified atom stereocenters. The van der Waals surface area contributed by atoms with Gasteiger partial charge in [0.25, 0.3) is 5.91 Å². The highest BCUT2D eigenvalue weighted by molar-refractivity contribution is 5.77. The maximum Gasteiger partial charge on any atom is 0.275 e. The lowest BCUT2D eigenvalue weighted by Gasteiger charge is -2.37. The molecule has 5 nitrogen and oxygen atoms in total. The van der Waals surface area contributed by atoms with E-state index in [1.54, 1.807) is 7.11 Å². The van der Waals surface area contributed by atoms with Crippen molar-refractivity contribution >= 4 is 5.91 Å². The number of amides is 1. The molecule has 0 radical (unpaired) electrons. The van der Waals surface area contributed by atoms with E-state index in [4.69, 9.17) is 4.74 Å². The van der Waals surface area contributed by atoms with Crippen LogP contribution < -0.4 is 15.0 Å². The third kappa shape index (κ3) is 4.38. The van der Waals surface area contributed by atoms with E-state index in [-0.39, 0.29) is 5.91 Å². The van der Waals surface area contributed by atoms with Crippen LogP contribution in [0.3, 0.4) is 0 Å². The van der Waals surface area contributed by atoms with Crippen molar-refractivity contribution in [3.63, 3.8) is 0 Å². The third-order valence-corrected chi connectivity index (χ3v) is 6.26. The molecular weight excluding hydrogens is 328 g/mol. The molecular formula is C21H33N2O3+. The van der Waals surface area contributed by atoms with Crippen molar-refractivity contribution in [1.29, 1.82) is 0 Å². The van der Waals surface area contributed by atoms with Gasteiger partial charge in [-0.2, -0.15) is 0 Å². The Balaban J connectivity index is 1.52. The Hall–Kier alpha value is -1.59. The van der Waals surface area contributed by atoms with E-state index in [2.05, 4.69) is 12.2 Å². The summed E-state index contributed by atoms with van der Waals surface area (Å²) in [5, 5.41) is 14.4. The van der Waals surface area contributed by atoms with Gasteiger partial charge in [-0.15, -0.1) is 0 Å². The first-order chi connectivity index (χ1) is 12.5. The molecule has 1 aliphatic heterocycles. The predicted molar refractivity (Wildman–Crippen MR) is 101 cm³/mol. The Morgan fingerprint density at radius 1 is 1.27 bits per heavy atom. The second-order valence-electron chi connectivity index (χ2n) is 8.09. The van der Waals surface area contributed by atoms with Crippen LogP contribution in [0.1, 0.15) is 51.0 Å². The Morgan fingerprint density at radius 2 is 1.96 bits per heavy atom. The van der Waals surface area contributed by atoms with Gasteiger partial charge >= 0.3 is 0 Å². The van der Waals surface area contributed by atoms with Gasteiger partial charge in [0.05, 0.1) is 20.2 Å². The first kappa shape index (κ1) is 19.2. The fraction of sp³-hybridized carbons (Fsp3) is 0.667. The van der Waals surface area contributed by atoms with E-state index < -0.39 is 5.60 Å². The van der Waals surface area contributed by atoms with E-state index >= 15 is 0 Å². The maximum absolute atomic E-state index is 12.4. The number of piperidine rings is 1. The van der Waals surface area contributed by atoms with Gasteiger partial charge in [0.1, 0.15) is 11.4 Å². The van der Waals surface area contributed by atoms with Gasteiger partial charge in [0, 0.05) is 24.4 Å². The first-order valence-electron chi connectivity index (χ1n) is 10.0. The predicted octanol–water partition coefficient (Wildman–Crippen LogP) is 1.26. The van der Waals surface area contributed by atoms with Gasteiger partial charge in [0.2, 0.25) is 0 Å². The van der Waals surface area contributed by atoms with Crippen molar-refractivity contribution in [3.05, 3.63) is 29.8 Å². The number of rotatable bonds is 5. The summed E-state index contributed by atoms with van der Waals surface area (Å²) >= 11 is 0. The summed E-state index contributed by atoms with van der Waals surface area (Å²) in [5.41, 5.74) is 0.00631. The molecule has 2 atom stereocenters. The van der Waals surface area contributed by atoms with Gasteiger partial charge in [-0.05, 0) is 24.8 Å². The number of likely N-dealkylation sites (tertiary alicyclic amines) is 1. The van der Waals surface area contributed by atoms with Crippen molar-refractivity contribution in [2.45, 2.75) is 57.1 Å². The van der Waals surface area contributed by atoms with E-state index in [9.17, 15) is 9.90 Å². The monoisotopic (exact) mass is 361 g/mol. The van der Waals surface area contributed by atoms with Crippen LogP contribution in [0.4, 0.5) is 0 Å². The lowest BCUT2D eigenvalue weighted by Crippen LogP contribution is -3.14. The fourth-order valence-electron chi connectivity index (χ4n) is 4.51. The largest absolute Gasteiger partial charge is 0.496 e. The molecule has 5 heteroatoms. The molecule has 1 aromatic carbocycles. The minimum Gasteiger partial charge on any atom is -0.496 e. The van der Waals surface area contributed by atoms with Gasteiger partial charge in [-0.1, -0.05) is 38.0 Å². The second kappa shape index (κ2) is 8.40. The molecule has 2 fully saturated rings. The highest BCUT2D eigenvalue weighted by Gasteiger charge is 2.38. The molecule has 2 aliphatic rings. The SMILES string of the molecule is COc1ccccc1C1(O)CC[NH+](CC(=O)N[C@@H]2CCCC[C@H]2C)CC1. The molecule has 144 valence electrons. The molecule has 1 aliphatic carbocycles. The van der Waals surface area contributed by atoms with Gasteiger partial charge in [-0.3, -0.25) is 4.79 Å². The second-order valence-corrected chi connectivity index (χ2v) is 8.09. The molecule has 1 heterocycles. The van der Waals surface area contributed by atoms with Crippen LogP contribution in [-0.2, 0) is 10.4 Å². The summed E-state index contributed by atoms with van der Waals surface area (Å²) in [6, 6.07) is 8.04. The number of ether oxygens (including phenoxy) is 1. The van der Waals surface area contributed by atoms with Gasteiger partial charge < -0.3 is 20.1 Å². The summed E-state index contributed by atoms with van der Waals surface area (Å²) in [5.74, 6) is 1.48. The molecule has 1 amide bonds. The van der Waals surface area contributed by atoms with Crippen LogP contribution >= 0.6 is 0 Å². The highest BCUT2D eigenvalue weighted by atomic mass is 16.5. The highest BCUT2D eigenvalue weighted by Crippen LogP contribution is 2.35. The number of carbonyl (C=O) groups excluding carboxylic acids is 1. The molecule has 3 rings (SSSR count). The van der Waals surface area contributed by atoms with Crippen LogP contribution in [-0.4, -0.2) is 43.8 Å². The first-order valence-corrected chi connectivity index (χ1v) is 10.0. The average molecular weight is 362 g/mol. The minimum absolute atomic E-state index is 0.154. The molecule has 1 aromatic rings. The number of nitrogens with one attached hydrogen (secondary N) is 2. The Labute approximate surface area is 156 Å². The fourth-order valence-corrected chi connectivity index (χ4v) is 4.51. The van der Waals surface area contributed by atoms with Crippen molar-refractivity contribution in [1.82, 2.24) is 5.32 Å². The van der Waals surface area contributed by atoms with E-state index in [1.165, 1.54) is 24.2 Å². The number of quaternary nitrogens is 1. The summed E-state index contributed by atoms with van der Waals surface area (Å²) in [4.78, 5) is 13.7. The summed E-state index contributed by atoms with van der Waals surface area (Å²) in [6.07, 6.45) is 6.12. The molecule has 1 saturated heterocycles. The molecule has 1 saturated carbocycles. The molecule has 3 N–H and O–H groups in total. The number of methoxy groups -OCH3 is 1. The number of hydrogen-bond acceptors (Lipinski definition) is 3. The normalized spacial score (nSPS) is 32.0. The minimum atomic E-state index is -0.857. The maximum atomic E-state index is 12.4. The number of benzene rings is 1. The molecule has 0 bridgehead atoms. The summed E-state index contributed by atoms with van der Waals surface area (Å²) in [6.45, 7) is 4.33. The lowest BCUT2D eigenvalue weighted by molar-refractivity contribution is -0.900. The average Bonchev–Trinajstić information content (AvgIpc) is 2.65. The van der Waals surface area contributed by atoms with Gasteiger partial charge in [0.15, 0.2) is 6.54 Å². The van der Waals surface area contributed by atoms with Crippen molar-refractivity contribution < 1.29 is 19.5 Å². The Bertz CT molecular complexity index is 611. The number of aliphatic hydroxyl groups is 1. The van der Waals surface area contributed by atoms with Crippen molar-refractivity contribution in [3.8, 4) is 5.75 Å². The van der Waals surface area contributed by atoms with Crippen LogP contribution in [0.25, 0.3) is 0 Å². The Morgan fingerprint density at radius 3 is 2.65 bits per heavy atom. The van der Waals surface area contributed by atoms with Crippen molar-refractivity contribution in [2.75, 3.05) is 26.7 Å². The topological polar surface area (TPSA) is 63.0 Å². The number of para-hydroxylation sites is 1. The Kier molecular flexibility index (Phi) is 6.20. The zero-order valence-electron chi connectivity index (χ0n) is 16.1. The zero-order chi connectivity index (χ0) is 18.6. The van der Waals surface area contributed by atoms with E-state index in [0.717, 1.165) is 30.8 Å². The number of hydrogen-bond donors (Lipinski definition) is 3. The lowest BCUT2D eigenvalue weighted by atomic mass is 9.84. The van der Waals surface area contributed by atoms with Crippen LogP contribution in [0.15, 0.2) is 24.3 Å².